The summed E-state index contributed by atoms with van der Waals surface area (Å²) in [6.07, 6.45) is 2.21. The van der Waals surface area contributed by atoms with Crippen molar-refractivity contribution < 1.29 is 4.79 Å². The van der Waals surface area contributed by atoms with Gasteiger partial charge in [0.2, 0.25) is 5.91 Å². The van der Waals surface area contributed by atoms with Gasteiger partial charge >= 0.3 is 0 Å². The van der Waals surface area contributed by atoms with Gasteiger partial charge in [0.15, 0.2) is 0 Å². The second-order valence-electron chi connectivity index (χ2n) is 6.98. The molecular formula is C23H19Cl2N3OS2. The van der Waals surface area contributed by atoms with E-state index in [0.29, 0.717) is 16.5 Å². The standard InChI is InChI=1S/C23H19Cl2N3OS2/c1-3-19(21(29)28-18-10-16(25)7-4-13(18)2)31-23-20-17(11-30-22(20)26-12-27-23)14-5-8-15(24)9-6-14/h4-12,19H,3H2,1-2H3,(H,28,29). The van der Waals surface area contributed by atoms with Gasteiger partial charge in [0.25, 0.3) is 0 Å². The molecule has 4 aromatic rings. The number of nitrogens with zero attached hydrogens (tertiary/aromatic N) is 2. The number of thioether (sulfide) groups is 1. The van der Waals surface area contributed by atoms with Gasteiger partial charge in [-0.2, -0.15) is 0 Å². The Morgan fingerprint density at radius 3 is 2.61 bits per heavy atom. The van der Waals surface area contributed by atoms with E-state index >= 15 is 0 Å². The zero-order valence-corrected chi connectivity index (χ0v) is 20.0. The normalized spacial score (nSPS) is 12.1. The van der Waals surface area contributed by atoms with Crippen molar-refractivity contribution in [3.05, 3.63) is 69.8 Å². The number of halogens is 2. The van der Waals surface area contributed by atoms with Crippen LogP contribution in [0.25, 0.3) is 21.3 Å². The largest absolute Gasteiger partial charge is 0.325 e. The summed E-state index contributed by atoms with van der Waals surface area (Å²) in [6, 6.07) is 13.2. The summed E-state index contributed by atoms with van der Waals surface area (Å²) in [5.74, 6) is -0.0760. The third-order valence-electron chi connectivity index (χ3n) is 4.87. The fourth-order valence-corrected chi connectivity index (χ4v) is 5.49. The van der Waals surface area contributed by atoms with Gasteiger partial charge < -0.3 is 5.32 Å². The Hall–Kier alpha value is -2.12. The predicted octanol–water partition coefficient (Wildman–Crippen LogP) is 7.48. The second-order valence-corrected chi connectivity index (χ2v) is 9.90. The van der Waals surface area contributed by atoms with Gasteiger partial charge in [-0.1, -0.05) is 60.1 Å². The Morgan fingerprint density at radius 1 is 1.13 bits per heavy atom. The van der Waals surface area contributed by atoms with Gasteiger partial charge in [-0.25, -0.2) is 9.97 Å². The van der Waals surface area contributed by atoms with Crippen LogP contribution in [0.5, 0.6) is 0 Å². The Balaban J connectivity index is 1.65. The molecule has 1 amide bonds. The number of aryl methyl sites for hydroxylation is 1. The Labute approximate surface area is 199 Å². The highest BCUT2D eigenvalue weighted by atomic mass is 35.5. The maximum atomic E-state index is 13.0. The lowest BCUT2D eigenvalue weighted by molar-refractivity contribution is -0.115. The van der Waals surface area contributed by atoms with Crippen molar-refractivity contribution in [2.75, 3.05) is 5.32 Å². The summed E-state index contributed by atoms with van der Waals surface area (Å²) in [6.45, 7) is 3.94. The fourth-order valence-electron chi connectivity index (χ4n) is 3.18. The molecule has 0 saturated carbocycles. The zero-order chi connectivity index (χ0) is 22.0. The molecule has 0 bridgehead atoms. The van der Waals surface area contributed by atoms with Crippen LogP contribution in [-0.2, 0) is 4.79 Å². The molecular weight excluding hydrogens is 469 g/mol. The molecule has 0 fully saturated rings. The quantitative estimate of drug-likeness (QED) is 0.226. The molecule has 1 atom stereocenters. The highest BCUT2D eigenvalue weighted by Crippen LogP contribution is 2.40. The summed E-state index contributed by atoms with van der Waals surface area (Å²) in [5, 5.41) is 7.81. The van der Waals surface area contributed by atoms with Crippen molar-refractivity contribution in [3.63, 3.8) is 0 Å². The van der Waals surface area contributed by atoms with Gasteiger partial charge in [-0.3, -0.25) is 4.79 Å². The number of amides is 1. The van der Waals surface area contributed by atoms with E-state index in [-0.39, 0.29) is 11.2 Å². The summed E-state index contributed by atoms with van der Waals surface area (Å²) < 4.78 is 0. The number of carbonyl (C=O) groups excluding carboxylic acids is 1. The minimum absolute atomic E-state index is 0.0760. The van der Waals surface area contributed by atoms with Gasteiger partial charge in [-0.05, 0) is 48.7 Å². The third kappa shape index (κ3) is 4.88. The van der Waals surface area contributed by atoms with Gasteiger partial charge in [0, 0.05) is 26.7 Å². The number of fused-ring (bicyclic) bond motifs is 1. The fraction of sp³-hybridized carbons (Fsp3) is 0.174. The molecule has 0 spiro atoms. The lowest BCUT2D eigenvalue weighted by Gasteiger charge is -2.16. The number of carbonyl (C=O) groups is 1. The Bertz CT molecular complexity index is 1240. The molecule has 158 valence electrons. The SMILES string of the molecule is CCC(Sc1ncnc2scc(-c3ccc(Cl)cc3)c12)C(=O)Nc1cc(Cl)ccc1C. The van der Waals surface area contributed by atoms with Crippen molar-refractivity contribution in [1.29, 1.82) is 0 Å². The van der Waals surface area contributed by atoms with Gasteiger partial charge in [-0.15, -0.1) is 11.3 Å². The molecule has 0 aliphatic heterocycles. The number of rotatable bonds is 6. The van der Waals surface area contributed by atoms with Crippen LogP contribution in [0.1, 0.15) is 18.9 Å². The number of nitrogens with one attached hydrogen (secondary N) is 1. The molecule has 2 heterocycles. The van der Waals surface area contributed by atoms with E-state index < -0.39 is 0 Å². The molecule has 4 nitrogen and oxygen atoms in total. The smallest absolute Gasteiger partial charge is 0.237 e. The average molecular weight is 488 g/mol. The van der Waals surface area contributed by atoms with Crippen molar-refractivity contribution in [1.82, 2.24) is 9.97 Å². The van der Waals surface area contributed by atoms with Crippen LogP contribution in [0.15, 0.2) is 59.2 Å². The summed E-state index contributed by atoms with van der Waals surface area (Å²) in [5.41, 5.74) is 3.77. The monoisotopic (exact) mass is 487 g/mol. The van der Waals surface area contributed by atoms with E-state index in [4.69, 9.17) is 23.2 Å². The summed E-state index contributed by atoms with van der Waals surface area (Å²) >= 11 is 15.2. The molecule has 31 heavy (non-hydrogen) atoms. The number of thiophene rings is 1. The lowest BCUT2D eigenvalue weighted by atomic mass is 10.1. The van der Waals surface area contributed by atoms with E-state index in [1.54, 1.807) is 23.7 Å². The van der Waals surface area contributed by atoms with Crippen molar-refractivity contribution in [2.24, 2.45) is 0 Å². The van der Waals surface area contributed by atoms with Crippen LogP contribution >= 0.6 is 46.3 Å². The Morgan fingerprint density at radius 2 is 1.87 bits per heavy atom. The first-order valence-electron chi connectivity index (χ1n) is 9.68. The van der Waals surface area contributed by atoms with Crippen LogP contribution in [0.4, 0.5) is 5.69 Å². The zero-order valence-electron chi connectivity index (χ0n) is 16.9. The maximum absolute atomic E-state index is 13.0. The maximum Gasteiger partial charge on any atom is 0.237 e. The molecule has 8 heteroatoms. The minimum atomic E-state index is -0.311. The molecule has 2 aromatic heterocycles. The van der Waals surface area contributed by atoms with E-state index in [9.17, 15) is 4.79 Å². The van der Waals surface area contributed by atoms with E-state index in [2.05, 4.69) is 20.7 Å². The summed E-state index contributed by atoms with van der Waals surface area (Å²) in [4.78, 5) is 22.9. The average Bonchev–Trinajstić information content (AvgIpc) is 3.20. The van der Waals surface area contributed by atoms with Crippen LogP contribution in [0.2, 0.25) is 10.0 Å². The number of aromatic nitrogens is 2. The topological polar surface area (TPSA) is 54.9 Å². The number of benzene rings is 2. The number of hydrogen-bond acceptors (Lipinski definition) is 5. The minimum Gasteiger partial charge on any atom is -0.325 e. The predicted molar refractivity (Wildman–Crippen MR) is 133 cm³/mol. The van der Waals surface area contributed by atoms with E-state index in [1.807, 2.05) is 50.2 Å². The highest BCUT2D eigenvalue weighted by molar-refractivity contribution is 8.00. The molecule has 0 saturated heterocycles. The molecule has 1 unspecified atom stereocenters. The van der Waals surface area contributed by atoms with Crippen molar-refractivity contribution in [3.8, 4) is 11.1 Å². The third-order valence-corrected chi connectivity index (χ3v) is 7.60. The molecule has 4 rings (SSSR count). The van der Waals surface area contributed by atoms with Gasteiger partial charge in [0.05, 0.1) is 10.6 Å². The van der Waals surface area contributed by atoms with Crippen LogP contribution in [-0.4, -0.2) is 21.1 Å². The molecule has 1 N–H and O–H groups in total. The van der Waals surface area contributed by atoms with Gasteiger partial charge in [0.1, 0.15) is 16.2 Å². The molecule has 0 radical (unpaired) electrons. The molecule has 0 aliphatic carbocycles. The van der Waals surface area contributed by atoms with Crippen LogP contribution in [0.3, 0.4) is 0 Å². The van der Waals surface area contributed by atoms with E-state index in [1.165, 1.54) is 11.8 Å². The van der Waals surface area contributed by atoms with Crippen LogP contribution in [0, 0.1) is 6.92 Å². The summed E-state index contributed by atoms with van der Waals surface area (Å²) in [7, 11) is 0. The lowest BCUT2D eigenvalue weighted by Crippen LogP contribution is -2.25. The van der Waals surface area contributed by atoms with E-state index in [0.717, 1.165) is 37.6 Å². The number of anilines is 1. The first-order valence-corrected chi connectivity index (χ1v) is 12.2. The Kier molecular flexibility index (Phi) is 6.82. The first kappa shape index (κ1) is 22.1. The number of hydrogen-bond donors (Lipinski definition) is 1. The first-order chi connectivity index (χ1) is 15.0. The highest BCUT2D eigenvalue weighted by Gasteiger charge is 2.22. The van der Waals surface area contributed by atoms with Crippen molar-refractivity contribution >= 4 is 68.1 Å². The second kappa shape index (κ2) is 9.57. The van der Waals surface area contributed by atoms with Crippen molar-refractivity contribution in [2.45, 2.75) is 30.5 Å². The molecule has 0 aliphatic rings. The van der Waals surface area contributed by atoms with Crippen LogP contribution < -0.4 is 5.32 Å². The molecule has 2 aromatic carbocycles.